The number of hydrogen-bond donors (Lipinski definition) is 0. The molecule has 2 rings (SSSR count). The zero-order valence-corrected chi connectivity index (χ0v) is 11.3. The normalized spacial score (nSPS) is 19.2. The van der Waals surface area contributed by atoms with Crippen molar-refractivity contribution in [3.05, 3.63) is 75.9 Å². The monoisotopic (exact) mass is 284 g/mol. The van der Waals surface area contributed by atoms with Gasteiger partial charge in [0.15, 0.2) is 0 Å². The van der Waals surface area contributed by atoms with Crippen LogP contribution in [0.25, 0.3) is 0 Å². The summed E-state index contributed by atoms with van der Waals surface area (Å²) in [5.74, 6) is 0.724. The van der Waals surface area contributed by atoms with E-state index in [1.165, 1.54) is 6.08 Å². The molecule has 0 unspecified atom stereocenters. The summed E-state index contributed by atoms with van der Waals surface area (Å²) >= 11 is 0. The maximum Gasteiger partial charge on any atom is 2.00 e. The van der Waals surface area contributed by atoms with E-state index < -0.39 is 0 Å². The van der Waals surface area contributed by atoms with Gasteiger partial charge in [-0.2, -0.15) is 0 Å². The number of rotatable bonds is 3. The zero-order valence-electron chi connectivity index (χ0n) is 10.2. The number of carbonyl (C=O) groups is 1. The van der Waals surface area contributed by atoms with Crippen LogP contribution in [0.15, 0.2) is 12.2 Å². The summed E-state index contributed by atoms with van der Waals surface area (Å²) in [5.41, 5.74) is 0. The van der Waals surface area contributed by atoms with E-state index in [9.17, 15) is 4.79 Å². The molecule has 0 saturated heterocycles. The molecule has 0 heterocycles. The summed E-state index contributed by atoms with van der Waals surface area (Å²) in [6, 6.07) is 0. The first kappa shape index (κ1) is 17.7. The van der Waals surface area contributed by atoms with Crippen molar-refractivity contribution in [1.29, 1.82) is 0 Å². The van der Waals surface area contributed by atoms with Gasteiger partial charge < -0.3 is 4.74 Å². The summed E-state index contributed by atoms with van der Waals surface area (Å²) in [6.07, 6.45) is 20.9. The smallest absolute Gasteiger partial charge is 0.463 e. The van der Waals surface area contributed by atoms with Crippen LogP contribution in [-0.2, 0) is 26.6 Å². The Morgan fingerprint density at radius 3 is 2.00 bits per heavy atom. The molecule has 2 aliphatic carbocycles. The summed E-state index contributed by atoms with van der Waals surface area (Å²) in [4.78, 5) is 10.8. The van der Waals surface area contributed by atoms with Crippen molar-refractivity contribution in [2.24, 2.45) is 0 Å². The van der Waals surface area contributed by atoms with E-state index in [0.717, 1.165) is 5.92 Å². The van der Waals surface area contributed by atoms with E-state index in [4.69, 9.17) is 4.74 Å². The number of ether oxygens (including phenoxy) is 1. The van der Waals surface area contributed by atoms with Gasteiger partial charge >= 0.3 is 23.0 Å². The number of carbonyl (C=O) groups excluding carboxylic acids is 1. The van der Waals surface area contributed by atoms with Crippen molar-refractivity contribution in [2.45, 2.75) is 6.92 Å². The second kappa shape index (κ2) is 11.8. The molecule has 2 aliphatic rings. The van der Waals surface area contributed by atoms with Crippen molar-refractivity contribution in [3.63, 3.8) is 0 Å². The SMILES string of the molecule is CCOC(=O)/C=C/[C]1[CH][CH][CH][CH]1.[CH]1[CH][CH][CH][CH]1.[Fe+2]. The van der Waals surface area contributed by atoms with E-state index in [1.54, 1.807) is 13.0 Å². The molecule has 2 saturated carbocycles. The zero-order chi connectivity index (χ0) is 12.3. The summed E-state index contributed by atoms with van der Waals surface area (Å²) in [6.45, 7) is 2.21. The topological polar surface area (TPSA) is 26.3 Å². The molecule has 94 valence electrons. The van der Waals surface area contributed by atoms with Gasteiger partial charge in [0, 0.05) is 12.0 Å². The fraction of sp³-hybridized carbons (Fsp3) is 0.133. The third-order valence-corrected chi connectivity index (χ3v) is 1.94. The molecule has 0 aliphatic heterocycles. The molecule has 3 heteroatoms. The van der Waals surface area contributed by atoms with Gasteiger partial charge in [0.05, 0.1) is 6.61 Å². The third-order valence-electron chi connectivity index (χ3n) is 1.94. The maximum absolute atomic E-state index is 10.8. The molecule has 0 spiro atoms. The van der Waals surface area contributed by atoms with Crippen LogP contribution in [0.1, 0.15) is 6.92 Å². The fourth-order valence-corrected chi connectivity index (χ4v) is 1.18. The quantitative estimate of drug-likeness (QED) is 0.452. The van der Waals surface area contributed by atoms with Gasteiger partial charge in [-0.25, -0.2) is 4.79 Å². The minimum Gasteiger partial charge on any atom is -0.463 e. The van der Waals surface area contributed by atoms with Gasteiger partial charge in [0.25, 0.3) is 0 Å². The van der Waals surface area contributed by atoms with Crippen molar-refractivity contribution >= 4 is 5.97 Å². The number of hydrogen-bond acceptors (Lipinski definition) is 2. The van der Waals surface area contributed by atoms with Crippen LogP contribution >= 0.6 is 0 Å². The minimum absolute atomic E-state index is 0. The first-order chi connectivity index (χ1) is 8.33. The fourth-order valence-electron chi connectivity index (χ4n) is 1.18. The van der Waals surface area contributed by atoms with E-state index in [1.807, 2.05) is 57.8 Å². The molecular formula is C15H16FeO2+2. The van der Waals surface area contributed by atoms with Crippen LogP contribution < -0.4 is 0 Å². The Morgan fingerprint density at radius 2 is 1.56 bits per heavy atom. The second-order valence-corrected chi connectivity index (χ2v) is 3.27. The van der Waals surface area contributed by atoms with Crippen molar-refractivity contribution < 1.29 is 26.6 Å². The molecule has 2 fully saturated rings. The first-order valence-corrected chi connectivity index (χ1v) is 5.56. The molecule has 0 amide bonds. The Labute approximate surface area is 122 Å². The largest absolute Gasteiger partial charge is 2.00 e. The van der Waals surface area contributed by atoms with Gasteiger partial charge in [-0.3, -0.25) is 0 Å². The summed E-state index contributed by atoms with van der Waals surface area (Å²) in [7, 11) is 0. The van der Waals surface area contributed by atoms with Gasteiger partial charge in [0.2, 0.25) is 0 Å². The van der Waals surface area contributed by atoms with Gasteiger partial charge in [0.1, 0.15) is 0 Å². The van der Waals surface area contributed by atoms with Crippen LogP contribution in [0.4, 0.5) is 0 Å². The van der Waals surface area contributed by atoms with Gasteiger partial charge in [-0.15, -0.1) is 0 Å². The molecule has 0 aromatic heterocycles. The van der Waals surface area contributed by atoms with Crippen LogP contribution in [0, 0.1) is 63.7 Å². The average molecular weight is 284 g/mol. The van der Waals surface area contributed by atoms with Crippen molar-refractivity contribution in [3.8, 4) is 0 Å². The van der Waals surface area contributed by atoms with Crippen LogP contribution in [0.3, 0.4) is 0 Å². The molecule has 0 bridgehead atoms. The predicted molar refractivity (Wildman–Crippen MR) is 67.7 cm³/mol. The Kier molecular flexibility index (Phi) is 11.6. The Hall–Kier alpha value is -0.271. The van der Waals surface area contributed by atoms with Crippen molar-refractivity contribution in [2.75, 3.05) is 6.61 Å². The molecular weight excluding hydrogens is 268 g/mol. The Morgan fingerprint density at radius 1 is 1.06 bits per heavy atom. The van der Waals surface area contributed by atoms with Crippen LogP contribution in [0.5, 0.6) is 0 Å². The first-order valence-electron chi connectivity index (χ1n) is 5.56. The van der Waals surface area contributed by atoms with E-state index in [-0.39, 0.29) is 23.0 Å². The number of allylic oxidation sites excluding steroid dienone is 1. The Bertz CT molecular complexity index is 221. The van der Waals surface area contributed by atoms with Crippen LogP contribution in [-0.4, -0.2) is 12.6 Å². The number of esters is 1. The molecule has 10 radical (unpaired) electrons. The van der Waals surface area contributed by atoms with Gasteiger partial charge in [-0.05, 0) is 64.7 Å². The van der Waals surface area contributed by atoms with Crippen LogP contribution in [0.2, 0.25) is 0 Å². The van der Waals surface area contributed by atoms with Gasteiger partial charge in [-0.1, -0.05) is 6.08 Å². The predicted octanol–water partition coefficient (Wildman–Crippen LogP) is 2.53. The molecule has 18 heavy (non-hydrogen) atoms. The minimum atomic E-state index is -0.293. The molecule has 0 aromatic carbocycles. The third kappa shape index (κ3) is 8.77. The summed E-state index contributed by atoms with van der Waals surface area (Å²) in [5, 5.41) is 0. The molecule has 0 aromatic rings. The average Bonchev–Trinajstić information content (AvgIpc) is 3.03. The molecule has 2 nitrogen and oxygen atoms in total. The maximum atomic E-state index is 10.8. The molecule has 0 atom stereocenters. The van der Waals surface area contributed by atoms with E-state index in [0.29, 0.717) is 6.61 Å². The van der Waals surface area contributed by atoms with Crippen molar-refractivity contribution in [1.82, 2.24) is 0 Å². The Balaban J connectivity index is 0.000000405. The van der Waals surface area contributed by atoms with E-state index >= 15 is 0 Å². The summed E-state index contributed by atoms with van der Waals surface area (Å²) < 4.78 is 4.71. The molecule has 0 N–H and O–H groups in total. The van der Waals surface area contributed by atoms with E-state index in [2.05, 4.69) is 0 Å². The standard InChI is InChI=1S/C10H11O2.C5H5.Fe/c1-2-12-10(11)8-7-9-5-3-4-6-9;1-2-4-5-3-1;/h3-8H,2H2,1H3;1-5H;/q;;+2/b8-7+;;. The second-order valence-electron chi connectivity index (χ2n) is 3.27.